The van der Waals surface area contributed by atoms with E-state index in [1.165, 1.54) is 0 Å². The zero-order valence-electron chi connectivity index (χ0n) is 7.16. The van der Waals surface area contributed by atoms with Gasteiger partial charge in [0, 0.05) is 0 Å². The third-order valence-corrected chi connectivity index (χ3v) is 1.59. The first-order valence-corrected chi connectivity index (χ1v) is 3.95. The maximum absolute atomic E-state index is 11.0. The summed E-state index contributed by atoms with van der Waals surface area (Å²) >= 11 is 0. The molecule has 11 heavy (non-hydrogen) atoms. The van der Waals surface area contributed by atoms with Gasteiger partial charge < -0.3 is 9.47 Å². The summed E-state index contributed by atoms with van der Waals surface area (Å²) in [6.07, 6.45) is 0.0691. The first-order chi connectivity index (χ1) is 5.09. The largest absolute Gasteiger partial charge is 0.434 e. The lowest BCUT2D eigenvalue weighted by atomic mass is 10.1. The van der Waals surface area contributed by atoms with Gasteiger partial charge in [0.05, 0.1) is 0 Å². The van der Waals surface area contributed by atoms with Gasteiger partial charge in [-0.05, 0) is 19.3 Å². The van der Waals surface area contributed by atoms with Crippen molar-refractivity contribution in [3.63, 3.8) is 0 Å². The highest BCUT2D eigenvalue weighted by Crippen LogP contribution is 2.18. The first-order valence-electron chi connectivity index (χ1n) is 3.95. The molecule has 0 radical (unpaired) electrons. The minimum Gasteiger partial charge on any atom is -0.434 e. The Morgan fingerprint density at radius 3 is 2.55 bits per heavy atom. The van der Waals surface area contributed by atoms with Gasteiger partial charge in [0.15, 0.2) is 6.10 Å². The fraction of sp³-hybridized carbons (Fsp3) is 0.875. The van der Waals surface area contributed by atoms with Crippen molar-refractivity contribution in [3.05, 3.63) is 0 Å². The molecule has 1 saturated heterocycles. The number of ether oxygens (including phenoxy) is 2. The number of carbonyl (C=O) groups is 1. The average molecular weight is 158 g/mol. The Bertz CT molecular complexity index is 153. The van der Waals surface area contributed by atoms with Gasteiger partial charge in [-0.2, -0.15) is 0 Å². The summed E-state index contributed by atoms with van der Waals surface area (Å²) in [6.45, 7) is 5.84. The van der Waals surface area contributed by atoms with E-state index >= 15 is 0 Å². The lowest BCUT2D eigenvalue weighted by Crippen LogP contribution is -2.18. The SMILES string of the molecule is CC(C)C[C@@H]1O[C@@H](C)OC1=O. The maximum Gasteiger partial charge on any atom is 0.337 e. The lowest BCUT2D eigenvalue weighted by Gasteiger charge is -2.07. The summed E-state index contributed by atoms with van der Waals surface area (Å²) < 4.78 is 10.0. The van der Waals surface area contributed by atoms with Crippen molar-refractivity contribution in [2.45, 2.75) is 39.6 Å². The fourth-order valence-corrected chi connectivity index (χ4v) is 1.13. The van der Waals surface area contributed by atoms with Crippen molar-refractivity contribution in [2.75, 3.05) is 0 Å². The van der Waals surface area contributed by atoms with E-state index in [0.717, 1.165) is 6.42 Å². The highest BCUT2D eigenvalue weighted by molar-refractivity contribution is 5.76. The molecule has 64 valence electrons. The van der Waals surface area contributed by atoms with Crippen LogP contribution in [0.1, 0.15) is 27.2 Å². The minimum absolute atomic E-state index is 0.216. The molecule has 0 unspecified atom stereocenters. The summed E-state index contributed by atoms with van der Waals surface area (Å²) in [4.78, 5) is 11.0. The van der Waals surface area contributed by atoms with E-state index < -0.39 is 0 Å². The molecular formula is C8H14O3. The highest BCUT2D eigenvalue weighted by atomic mass is 16.7. The van der Waals surface area contributed by atoms with Gasteiger partial charge in [0.2, 0.25) is 6.29 Å². The Morgan fingerprint density at radius 2 is 2.18 bits per heavy atom. The van der Waals surface area contributed by atoms with E-state index in [9.17, 15) is 4.79 Å². The normalized spacial score (nSPS) is 31.1. The number of rotatable bonds is 2. The van der Waals surface area contributed by atoms with Crippen LogP contribution in [0.15, 0.2) is 0 Å². The highest BCUT2D eigenvalue weighted by Gasteiger charge is 2.32. The molecule has 3 nitrogen and oxygen atoms in total. The molecule has 0 spiro atoms. The van der Waals surface area contributed by atoms with Gasteiger partial charge in [-0.1, -0.05) is 13.8 Å². The molecule has 0 aromatic heterocycles. The number of cyclic esters (lactones) is 1. The van der Waals surface area contributed by atoms with Crippen LogP contribution in [0.4, 0.5) is 0 Å². The number of hydrogen-bond acceptors (Lipinski definition) is 3. The molecule has 0 N–H and O–H groups in total. The van der Waals surface area contributed by atoms with Gasteiger partial charge in [-0.25, -0.2) is 4.79 Å². The molecule has 0 saturated carbocycles. The second-order valence-corrected chi connectivity index (χ2v) is 3.26. The van der Waals surface area contributed by atoms with E-state index in [-0.39, 0.29) is 18.4 Å². The minimum atomic E-state index is -0.355. The Balaban J connectivity index is 2.41. The van der Waals surface area contributed by atoms with Crippen LogP contribution in [0.2, 0.25) is 0 Å². The van der Waals surface area contributed by atoms with Crippen LogP contribution in [-0.4, -0.2) is 18.4 Å². The molecule has 2 atom stereocenters. The van der Waals surface area contributed by atoms with Crippen molar-refractivity contribution in [1.29, 1.82) is 0 Å². The molecule has 3 heteroatoms. The summed E-state index contributed by atoms with van der Waals surface area (Å²) in [5.41, 5.74) is 0. The second-order valence-electron chi connectivity index (χ2n) is 3.26. The standard InChI is InChI=1S/C8H14O3/c1-5(2)4-7-8(9)11-6(3)10-7/h5-7H,4H2,1-3H3/t6-,7+/m1/s1. The molecule has 1 aliphatic heterocycles. The first kappa shape index (κ1) is 8.53. The molecule has 0 amide bonds. The van der Waals surface area contributed by atoms with Gasteiger partial charge in [-0.15, -0.1) is 0 Å². The summed E-state index contributed by atoms with van der Waals surface area (Å²) in [5, 5.41) is 0. The molecule has 0 aromatic rings. The molecule has 1 aliphatic rings. The van der Waals surface area contributed by atoms with Crippen molar-refractivity contribution < 1.29 is 14.3 Å². The van der Waals surface area contributed by atoms with Crippen molar-refractivity contribution >= 4 is 5.97 Å². The van der Waals surface area contributed by atoms with E-state index in [4.69, 9.17) is 9.47 Å². The van der Waals surface area contributed by atoms with Crippen molar-refractivity contribution in [1.82, 2.24) is 0 Å². The fourth-order valence-electron chi connectivity index (χ4n) is 1.13. The van der Waals surface area contributed by atoms with Crippen LogP contribution in [0.5, 0.6) is 0 Å². The van der Waals surface area contributed by atoms with Crippen LogP contribution in [0, 0.1) is 5.92 Å². The van der Waals surface area contributed by atoms with Gasteiger partial charge >= 0.3 is 5.97 Å². The topological polar surface area (TPSA) is 35.5 Å². The second kappa shape index (κ2) is 3.22. The van der Waals surface area contributed by atoms with Crippen LogP contribution < -0.4 is 0 Å². The maximum atomic E-state index is 11.0. The number of esters is 1. The van der Waals surface area contributed by atoms with Gasteiger partial charge in [0.25, 0.3) is 0 Å². The van der Waals surface area contributed by atoms with Crippen LogP contribution in [0.25, 0.3) is 0 Å². The predicted octanol–water partition coefficient (Wildman–Crippen LogP) is 1.32. The molecule has 0 aliphatic carbocycles. The molecule has 0 bridgehead atoms. The Morgan fingerprint density at radius 1 is 1.55 bits per heavy atom. The lowest BCUT2D eigenvalue weighted by molar-refractivity contribution is -0.142. The average Bonchev–Trinajstić information content (AvgIpc) is 2.09. The number of hydrogen-bond donors (Lipinski definition) is 0. The van der Waals surface area contributed by atoms with E-state index in [1.807, 2.05) is 0 Å². The Hall–Kier alpha value is -0.570. The van der Waals surface area contributed by atoms with Gasteiger partial charge in [-0.3, -0.25) is 0 Å². The van der Waals surface area contributed by atoms with Crippen LogP contribution in [0.3, 0.4) is 0 Å². The smallest absolute Gasteiger partial charge is 0.337 e. The monoisotopic (exact) mass is 158 g/mol. The molecule has 0 aromatic carbocycles. The predicted molar refractivity (Wildman–Crippen MR) is 39.9 cm³/mol. The summed E-state index contributed by atoms with van der Waals surface area (Å²) in [5.74, 6) is 0.254. The summed E-state index contributed by atoms with van der Waals surface area (Å²) in [6, 6.07) is 0. The zero-order chi connectivity index (χ0) is 8.43. The molecule has 1 heterocycles. The Labute approximate surface area is 66.7 Å². The van der Waals surface area contributed by atoms with Crippen LogP contribution >= 0.6 is 0 Å². The van der Waals surface area contributed by atoms with Crippen molar-refractivity contribution in [2.24, 2.45) is 5.92 Å². The molecular weight excluding hydrogens is 144 g/mol. The molecule has 1 rings (SSSR count). The Kier molecular flexibility index (Phi) is 2.49. The van der Waals surface area contributed by atoms with E-state index in [1.54, 1.807) is 6.92 Å². The third kappa shape index (κ3) is 2.19. The van der Waals surface area contributed by atoms with Gasteiger partial charge in [0.1, 0.15) is 0 Å². The van der Waals surface area contributed by atoms with E-state index in [0.29, 0.717) is 5.92 Å². The zero-order valence-corrected chi connectivity index (χ0v) is 7.16. The van der Waals surface area contributed by atoms with Crippen molar-refractivity contribution in [3.8, 4) is 0 Å². The van der Waals surface area contributed by atoms with Crippen LogP contribution in [-0.2, 0) is 14.3 Å². The summed E-state index contributed by atoms with van der Waals surface area (Å²) in [7, 11) is 0. The van der Waals surface area contributed by atoms with E-state index in [2.05, 4.69) is 13.8 Å². The molecule has 1 fully saturated rings. The quantitative estimate of drug-likeness (QED) is 0.568. The third-order valence-electron chi connectivity index (χ3n) is 1.59. The number of carbonyl (C=O) groups excluding carboxylic acids is 1.